The number of nitrogens with one attached hydrogen (secondary N) is 2. The summed E-state index contributed by atoms with van der Waals surface area (Å²) in [6.45, 7) is 1.55. The number of aromatic nitrogens is 1. The lowest BCUT2D eigenvalue weighted by atomic mass is 9.69. The van der Waals surface area contributed by atoms with E-state index in [4.69, 9.17) is 30.5 Å². The summed E-state index contributed by atoms with van der Waals surface area (Å²) < 4.78 is 22.3. The van der Waals surface area contributed by atoms with Gasteiger partial charge in [0.1, 0.15) is 27.9 Å². The van der Waals surface area contributed by atoms with Crippen LogP contribution in [0.1, 0.15) is 48.0 Å². The highest BCUT2D eigenvalue weighted by atomic mass is 35.5. The Balaban J connectivity index is 1.51. The first-order valence-electron chi connectivity index (χ1n) is 15.0. The van der Waals surface area contributed by atoms with E-state index in [1.165, 1.54) is 51.8 Å². The number of allylic oxidation sites excluding steroid dienone is 1. The van der Waals surface area contributed by atoms with Gasteiger partial charge in [-0.3, -0.25) is 19.2 Å². The Hall–Kier alpha value is -5.30. The predicted molar refractivity (Wildman–Crippen MR) is 173 cm³/mol. The smallest absolute Gasteiger partial charge is 0.231 e. The quantitative estimate of drug-likeness (QED) is 0.224. The maximum Gasteiger partial charge on any atom is 0.231 e. The van der Waals surface area contributed by atoms with Crippen LogP contribution in [-0.2, 0) is 14.4 Å². The zero-order chi connectivity index (χ0) is 34.7. The van der Waals surface area contributed by atoms with Crippen molar-refractivity contribution in [1.29, 1.82) is 0 Å². The second-order valence-electron chi connectivity index (χ2n) is 11.3. The van der Waals surface area contributed by atoms with Crippen molar-refractivity contribution in [3.63, 3.8) is 0 Å². The standard InChI is InChI=1S/C34H34ClN3O10/c1-17-13-21(40)28(32(43)34(17)33(44)29-23(46-3)16-24(47-4)30(35)31(29)48-34)19(18-8-9-20(39)22(14-18)45-2)15-27(42)37-12-10-26(41)38-25-7-5-6-11-36-25/h5-9,11,14,16-17,19,39,43H,10,12-13,15H2,1-4H3,(H,37,42)(H,36,38,41). The molecule has 1 aromatic heterocycles. The fourth-order valence-electron chi connectivity index (χ4n) is 6.05. The lowest BCUT2D eigenvalue weighted by Gasteiger charge is -2.38. The summed E-state index contributed by atoms with van der Waals surface area (Å²) in [6, 6.07) is 10.7. The van der Waals surface area contributed by atoms with Crippen LogP contribution in [0.15, 0.2) is 60.0 Å². The number of benzene rings is 2. The summed E-state index contributed by atoms with van der Waals surface area (Å²) in [5, 5.41) is 27.6. The van der Waals surface area contributed by atoms with Gasteiger partial charge in [0.15, 0.2) is 28.8 Å². The molecule has 252 valence electrons. The van der Waals surface area contributed by atoms with E-state index in [0.717, 1.165) is 0 Å². The molecule has 0 saturated carbocycles. The Bertz CT molecular complexity index is 1810. The minimum atomic E-state index is -2.08. The van der Waals surface area contributed by atoms with Crippen LogP contribution in [0.4, 0.5) is 5.82 Å². The topological polar surface area (TPSA) is 183 Å². The van der Waals surface area contributed by atoms with Gasteiger partial charge < -0.3 is 39.8 Å². The largest absolute Gasteiger partial charge is 0.507 e. The Kier molecular flexibility index (Phi) is 9.80. The number of pyridine rings is 1. The van der Waals surface area contributed by atoms with Crippen LogP contribution in [-0.4, -0.2) is 72.1 Å². The van der Waals surface area contributed by atoms with Crippen LogP contribution in [0.2, 0.25) is 5.02 Å². The predicted octanol–water partition coefficient (Wildman–Crippen LogP) is 4.52. The molecule has 4 N–H and O–H groups in total. The van der Waals surface area contributed by atoms with Crippen LogP contribution in [0.25, 0.3) is 0 Å². The molecule has 3 aromatic rings. The second-order valence-corrected chi connectivity index (χ2v) is 11.7. The number of anilines is 1. The van der Waals surface area contributed by atoms with E-state index in [9.17, 15) is 29.4 Å². The maximum atomic E-state index is 14.3. The number of aliphatic hydroxyl groups excluding tert-OH is 1. The second kappa shape index (κ2) is 13.8. The van der Waals surface area contributed by atoms with Gasteiger partial charge in [-0.05, 0) is 29.8 Å². The van der Waals surface area contributed by atoms with Crippen LogP contribution >= 0.6 is 11.6 Å². The molecule has 2 amide bonds. The highest BCUT2D eigenvalue weighted by molar-refractivity contribution is 6.35. The molecule has 2 aromatic carbocycles. The number of aliphatic hydroxyl groups is 1. The number of Topliss-reactive ketones (excluding diaryl/α,β-unsaturated/α-hetero) is 2. The third-order valence-corrected chi connectivity index (χ3v) is 8.82. The summed E-state index contributed by atoms with van der Waals surface area (Å²) in [5.74, 6) is -4.40. The Morgan fingerprint density at radius 2 is 1.77 bits per heavy atom. The van der Waals surface area contributed by atoms with Gasteiger partial charge in [0.2, 0.25) is 23.2 Å². The maximum absolute atomic E-state index is 14.3. The number of fused-ring (bicyclic) bond motifs is 1. The number of phenolic OH excluding ortho intramolecular Hbond substituents is 1. The van der Waals surface area contributed by atoms with Crippen molar-refractivity contribution in [2.45, 2.75) is 37.7 Å². The zero-order valence-electron chi connectivity index (χ0n) is 26.6. The number of carbonyl (C=O) groups is 4. The fourth-order valence-corrected chi connectivity index (χ4v) is 6.32. The van der Waals surface area contributed by atoms with Crippen LogP contribution in [0.3, 0.4) is 0 Å². The highest BCUT2D eigenvalue weighted by Crippen LogP contribution is 2.56. The number of rotatable bonds is 11. The molecule has 13 nitrogen and oxygen atoms in total. The van der Waals surface area contributed by atoms with Crippen molar-refractivity contribution in [2.75, 3.05) is 33.2 Å². The number of nitrogens with zero attached hydrogens (tertiary/aromatic N) is 1. The molecule has 1 spiro atoms. The number of aromatic hydroxyl groups is 1. The molecule has 1 aliphatic carbocycles. The van der Waals surface area contributed by atoms with Gasteiger partial charge in [0.25, 0.3) is 0 Å². The summed E-state index contributed by atoms with van der Waals surface area (Å²) in [4.78, 5) is 57.8. The summed E-state index contributed by atoms with van der Waals surface area (Å²) in [5.41, 5.74) is -2.01. The number of phenols is 1. The molecule has 0 fully saturated rings. The molecule has 5 rings (SSSR count). The number of carbonyl (C=O) groups excluding carboxylic acids is 4. The van der Waals surface area contributed by atoms with Crippen LogP contribution < -0.4 is 29.6 Å². The molecule has 48 heavy (non-hydrogen) atoms. The third kappa shape index (κ3) is 6.08. The van der Waals surface area contributed by atoms with Crippen molar-refractivity contribution in [1.82, 2.24) is 10.3 Å². The first kappa shape index (κ1) is 34.0. The normalized spacial score (nSPS) is 19.0. The van der Waals surface area contributed by atoms with Gasteiger partial charge in [-0.15, -0.1) is 0 Å². The van der Waals surface area contributed by atoms with E-state index in [2.05, 4.69) is 15.6 Å². The lowest BCUT2D eigenvalue weighted by molar-refractivity contribution is -0.121. The molecule has 3 unspecified atom stereocenters. The van der Waals surface area contributed by atoms with Gasteiger partial charge in [-0.1, -0.05) is 30.7 Å². The molecule has 0 radical (unpaired) electrons. The van der Waals surface area contributed by atoms with Gasteiger partial charge in [-0.25, -0.2) is 4.98 Å². The first-order valence-corrected chi connectivity index (χ1v) is 15.3. The van der Waals surface area contributed by atoms with Crippen molar-refractivity contribution in [2.24, 2.45) is 5.92 Å². The average Bonchev–Trinajstić information content (AvgIpc) is 3.38. The van der Waals surface area contributed by atoms with Gasteiger partial charge in [0, 0.05) is 55.5 Å². The van der Waals surface area contributed by atoms with Gasteiger partial charge >= 0.3 is 0 Å². The summed E-state index contributed by atoms with van der Waals surface area (Å²) in [7, 11) is 4.07. The number of ether oxygens (including phenoxy) is 4. The third-order valence-electron chi connectivity index (χ3n) is 8.46. The highest BCUT2D eigenvalue weighted by Gasteiger charge is 2.61. The molecule has 0 bridgehead atoms. The molecule has 0 saturated heterocycles. The number of hydrogen-bond acceptors (Lipinski definition) is 11. The molecule has 1 aliphatic heterocycles. The van der Waals surface area contributed by atoms with Crippen molar-refractivity contribution in [3.05, 3.63) is 76.1 Å². The molecule has 14 heteroatoms. The number of methoxy groups -OCH3 is 3. The van der Waals surface area contributed by atoms with Gasteiger partial charge in [0.05, 0.1) is 21.3 Å². The Labute approximate surface area is 280 Å². The molecular weight excluding hydrogens is 646 g/mol. The number of hydrogen-bond donors (Lipinski definition) is 4. The Morgan fingerprint density at radius 1 is 1.04 bits per heavy atom. The van der Waals surface area contributed by atoms with Crippen LogP contribution in [0.5, 0.6) is 28.7 Å². The molecule has 2 aliphatic rings. The van der Waals surface area contributed by atoms with Crippen molar-refractivity contribution in [3.8, 4) is 28.7 Å². The molecule has 2 heterocycles. The van der Waals surface area contributed by atoms with E-state index in [-0.39, 0.29) is 76.6 Å². The minimum absolute atomic E-state index is 0.0248. The number of amides is 2. The number of halogens is 1. The average molecular weight is 680 g/mol. The first-order chi connectivity index (χ1) is 23.0. The molecule has 3 atom stereocenters. The van der Waals surface area contributed by atoms with E-state index < -0.39 is 40.7 Å². The van der Waals surface area contributed by atoms with Crippen molar-refractivity contribution < 1.29 is 48.3 Å². The Morgan fingerprint density at radius 3 is 2.44 bits per heavy atom. The SMILES string of the molecule is COc1cc(C(CC(=O)NCCC(=O)Nc2ccccn2)C2=C(O)C3(Oc4c(Cl)c(OC)cc(OC)c4C3=O)C(C)CC2=O)ccc1O. The molecular formula is C34H34ClN3O10. The fraction of sp³-hybridized carbons (Fsp3) is 0.324. The summed E-state index contributed by atoms with van der Waals surface area (Å²) >= 11 is 6.56. The van der Waals surface area contributed by atoms with Crippen molar-refractivity contribution >= 4 is 40.8 Å². The minimum Gasteiger partial charge on any atom is -0.507 e. The van der Waals surface area contributed by atoms with Crippen LogP contribution in [0, 0.1) is 5.92 Å². The number of ketones is 2. The van der Waals surface area contributed by atoms with E-state index in [1.807, 2.05) is 0 Å². The van der Waals surface area contributed by atoms with Gasteiger partial charge in [-0.2, -0.15) is 0 Å². The monoisotopic (exact) mass is 679 g/mol. The van der Waals surface area contributed by atoms with E-state index >= 15 is 0 Å². The van der Waals surface area contributed by atoms with E-state index in [0.29, 0.717) is 11.4 Å². The zero-order valence-corrected chi connectivity index (χ0v) is 27.3. The lowest BCUT2D eigenvalue weighted by Crippen LogP contribution is -2.53. The van der Waals surface area contributed by atoms with E-state index in [1.54, 1.807) is 25.1 Å². The summed E-state index contributed by atoms with van der Waals surface area (Å²) in [6.07, 6.45) is 0.851.